The molecule has 1 aromatic carbocycles. The molecule has 0 spiro atoms. The van der Waals surface area contributed by atoms with Crippen LogP contribution in [0.15, 0.2) is 24.3 Å². The first-order valence-electron chi connectivity index (χ1n) is 8.48. The fourth-order valence-electron chi connectivity index (χ4n) is 3.15. The Kier molecular flexibility index (Phi) is 5.57. The maximum absolute atomic E-state index is 12.4. The highest BCUT2D eigenvalue weighted by atomic mass is 35.5. The summed E-state index contributed by atoms with van der Waals surface area (Å²) in [5.74, 6) is 0.676. The van der Waals surface area contributed by atoms with Crippen molar-refractivity contribution in [3.05, 3.63) is 34.9 Å². The van der Waals surface area contributed by atoms with E-state index in [0.29, 0.717) is 23.5 Å². The van der Waals surface area contributed by atoms with Crippen LogP contribution in [0.25, 0.3) is 0 Å². The van der Waals surface area contributed by atoms with E-state index in [4.69, 9.17) is 16.3 Å². The lowest BCUT2D eigenvalue weighted by molar-refractivity contribution is -0.123. The van der Waals surface area contributed by atoms with Crippen LogP contribution in [0.2, 0.25) is 5.02 Å². The van der Waals surface area contributed by atoms with Crippen LogP contribution >= 0.6 is 11.6 Å². The molecule has 1 saturated heterocycles. The lowest BCUT2D eigenvalue weighted by Gasteiger charge is -2.25. The zero-order valence-electron chi connectivity index (χ0n) is 13.6. The van der Waals surface area contributed by atoms with Gasteiger partial charge < -0.3 is 10.1 Å². The van der Waals surface area contributed by atoms with Gasteiger partial charge in [-0.15, -0.1) is 0 Å². The number of benzene rings is 1. The fraction of sp³-hybridized carbons (Fsp3) is 0.611. The third-order valence-electron chi connectivity index (χ3n) is 4.67. The Morgan fingerprint density at radius 1 is 1.35 bits per heavy atom. The molecule has 1 saturated carbocycles. The van der Waals surface area contributed by atoms with Gasteiger partial charge in [-0.1, -0.05) is 23.7 Å². The van der Waals surface area contributed by atoms with Gasteiger partial charge in [0.15, 0.2) is 0 Å². The van der Waals surface area contributed by atoms with Crippen molar-refractivity contribution in [2.45, 2.75) is 38.3 Å². The number of halogens is 1. The van der Waals surface area contributed by atoms with E-state index in [0.717, 1.165) is 31.7 Å². The second-order valence-corrected chi connectivity index (χ2v) is 7.17. The first-order chi connectivity index (χ1) is 11.1. The Morgan fingerprint density at radius 3 is 2.70 bits per heavy atom. The van der Waals surface area contributed by atoms with E-state index in [1.54, 1.807) is 0 Å². The molecule has 5 heteroatoms. The van der Waals surface area contributed by atoms with Crippen LogP contribution in [0.4, 0.5) is 0 Å². The third-order valence-corrected chi connectivity index (χ3v) is 4.93. The van der Waals surface area contributed by atoms with Crippen molar-refractivity contribution in [3.8, 4) is 0 Å². The number of amides is 1. The molecule has 1 amide bonds. The lowest BCUT2D eigenvalue weighted by atomic mass is 10.1. The van der Waals surface area contributed by atoms with E-state index in [9.17, 15) is 4.79 Å². The third kappa shape index (κ3) is 4.93. The summed E-state index contributed by atoms with van der Waals surface area (Å²) in [5, 5.41) is 3.81. The lowest BCUT2D eigenvalue weighted by Crippen LogP contribution is -2.41. The molecule has 1 aliphatic heterocycles. The molecule has 126 valence electrons. The number of carbonyl (C=O) groups excluding carboxylic acids is 1. The molecule has 3 rings (SSSR count). The number of rotatable bonds is 7. The van der Waals surface area contributed by atoms with Gasteiger partial charge in [0.1, 0.15) is 0 Å². The Balaban J connectivity index is 1.51. The van der Waals surface area contributed by atoms with Gasteiger partial charge in [0.2, 0.25) is 5.91 Å². The molecule has 1 heterocycles. The van der Waals surface area contributed by atoms with E-state index < -0.39 is 0 Å². The Hall–Kier alpha value is -1.10. The van der Waals surface area contributed by atoms with Crippen molar-refractivity contribution >= 4 is 17.5 Å². The molecule has 0 aromatic heterocycles. The predicted molar refractivity (Wildman–Crippen MR) is 91.5 cm³/mol. The van der Waals surface area contributed by atoms with Crippen molar-refractivity contribution in [1.29, 1.82) is 0 Å². The Labute approximate surface area is 143 Å². The van der Waals surface area contributed by atoms with Crippen LogP contribution in [0.1, 0.15) is 37.8 Å². The molecule has 1 aliphatic carbocycles. The van der Waals surface area contributed by atoms with Gasteiger partial charge in [0, 0.05) is 24.2 Å². The molecule has 1 aromatic rings. The Bertz CT molecular complexity index is 524. The Morgan fingerprint density at radius 2 is 2.09 bits per heavy atom. The minimum Gasteiger partial charge on any atom is -0.381 e. The van der Waals surface area contributed by atoms with Gasteiger partial charge in [-0.3, -0.25) is 9.69 Å². The monoisotopic (exact) mass is 336 g/mol. The molecule has 2 aliphatic rings. The van der Waals surface area contributed by atoms with Crippen molar-refractivity contribution in [2.75, 3.05) is 26.3 Å². The summed E-state index contributed by atoms with van der Waals surface area (Å²) in [6.07, 6.45) is 3.55. The number of hydrogen-bond donors (Lipinski definition) is 1. The summed E-state index contributed by atoms with van der Waals surface area (Å²) in [4.78, 5) is 14.7. The maximum Gasteiger partial charge on any atom is 0.234 e. The van der Waals surface area contributed by atoms with E-state index in [-0.39, 0.29) is 11.9 Å². The summed E-state index contributed by atoms with van der Waals surface area (Å²) in [6.45, 7) is 5.18. The molecule has 23 heavy (non-hydrogen) atoms. The molecule has 0 radical (unpaired) electrons. The maximum atomic E-state index is 12.4. The van der Waals surface area contributed by atoms with Crippen LogP contribution < -0.4 is 5.32 Å². The largest absolute Gasteiger partial charge is 0.381 e. The second-order valence-electron chi connectivity index (χ2n) is 6.73. The zero-order valence-corrected chi connectivity index (χ0v) is 14.4. The average molecular weight is 337 g/mol. The highest BCUT2D eigenvalue weighted by Gasteiger charge is 2.32. The van der Waals surface area contributed by atoms with Gasteiger partial charge in [-0.25, -0.2) is 0 Å². The summed E-state index contributed by atoms with van der Waals surface area (Å²) >= 11 is 5.91. The standard InChI is InChI=1S/C18H25ClN2O2/c1-13(15-2-4-16(19)5-3-15)20-18(22)11-21(17-6-7-17)10-14-8-9-23-12-14/h2-5,13-14,17H,6-12H2,1H3,(H,20,22). The number of nitrogens with one attached hydrogen (secondary N) is 1. The van der Waals surface area contributed by atoms with Gasteiger partial charge >= 0.3 is 0 Å². The van der Waals surface area contributed by atoms with Gasteiger partial charge in [0.25, 0.3) is 0 Å². The van der Waals surface area contributed by atoms with E-state index in [1.165, 1.54) is 12.8 Å². The quantitative estimate of drug-likeness (QED) is 0.832. The second kappa shape index (κ2) is 7.65. The topological polar surface area (TPSA) is 41.6 Å². The zero-order chi connectivity index (χ0) is 16.2. The first kappa shape index (κ1) is 16.7. The van der Waals surface area contributed by atoms with Gasteiger partial charge in [-0.05, 0) is 49.8 Å². The number of carbonyl (C=O) groups is 1. The molecule has 2 unspecified atom stereocenters. The van der Waals surface area contributed by atoms with Crippen LogP contribution in [-0.4, -0.2) is 43.2 Å². The number of nitrogens with zero attached hydrogens (tertiary/aromatic N) is 1. The minimum absolute atomic E-state index is 0.00404. The van der Waals surface area contributed by atoms with E-state index in [2.05, 4.69) is 10.2 Å². The number of ether oxygens (including phenoxy) is 1. The highest BCUT2D eigenvalue weighted by Crippen LogP contribution is 2.28. The summed E-state index contributed by atoms with van der Waals surface area (Å²) in [6, 6.07) is 8.22. The first-order valence-corrected chi connectivity index (χ1v) is 8.86. The molecule has 0 bridgehead atoms. The summed E-state index contributed by atoms with van der Waals surface area (Å²) in [7, 11) is 0. The predicted octanol–water partition coefficient (Wildman–Crippen LogP) is 3.02. The van der Waals surface area contributed by atoms with Gasteiger partial charge in [-0.2, -0.15) is 0 Å². The normalized spacial score (nSPS) is 22.3. The van der Waals surface area contributed by atoms with Crippen LogP contribution in [0.5, 0.6) is 0 Å². The van der Waals surface area contributed by atoms with E-state index >= 15 is 0 Å². The summed E-state index contributed by atoms with van der Waals surface area (Å²) in [5.41, 5.74) is 1.07. The SMILES string of the molecule is CC(NC(=O)CN(CC1CCOC1)C1CC1)c1ccc(Cl)cc1. The van der Waals surface area contributed by atoms with Crippen LogP contribution in [0, 0.1) is 5.92 Å². The van der Waals surface area contributed by atoms with Crippen molar-refractivity contribution in [1.82, 2.24) is 10.2 Å². The van der Waals surface area contributed by atoms with Gasteiger partial charge in [0.05, 0.1) is 19.2 Å². The minimum atomic E-state index is -0.00404. The molecular weight excluding hydrogens is 312 g/mol. The van der Waals surface area contributed by atoms with Crippen molar-refractivity contribution in [3.63, 3.8) is 0 Å². The van der Waals surface area contributed by atoms with Crippen molar-refractivity contribution < 1.29 is 9.53 Å². The molecule has 2 fully saturated rings. The van der Waals surface area contributed by atoms with Crippen molar-refractivity contribution in [2.24, 2.45) is 5.92 Å². The fourth-order valence-corrected chi connectivity index (χ4v) is 3.27. The molecule has 1 N–H and O–H groups in total. The molecule has 2 atom stereocenters. The van der Waals surface area contributed by atoms with Crippen LogP contribution in [-0.2, 0) is 9.53 Å². The average Bonchev–Trinajstić information content (AvgIpc) is 3.25. The van der Waals surface area contributed by atoms with Crippen LogP contribution in [0.3, 0.4) is 0 Å². The molecule has 4 nitrogen and oxygen atoms in total. The highest BCUT2D eigenvalue weighted by molar-refractivity contribution is 6.30. The van der Waals surface area contributed by atoms with E-state index in [1.807, 2.05) is 31.2 Å². The number of hydrogen-bond acceptors (Lipinski definition) is 3. The summed E-state index contributed by atoms with van der Waals surface area (Å²) < 4.78 is 5.46. The smallest absolute Gasteiger partial charge is 0.234 e. The molecular formula is C18H25ClN2O2.